The number of hydrogen-bond donors (Lipinski definition) is 1. The Kier molecular flexibility index (Phi) is 8.96. The summed E-state index contributed by atoms with van der Waals surface area (Å²) in [7, 11) is 1.08. The Morgan fingerprint density at radius 1 is 0.730 bits per heavy atom. The molecule has 196 valence electrons. The molecule has 0 unspecified atom stereocenters. The first-order valence-electron chi connectivity index (χ1n) is 11.3. The fourth-order valence-electron chi connectivity index (χ4n) is 3.99. The third kappa shape index (κ3) is 6.70. The highest BCUT2D eigenvalue weighted by Gasteiger charge is 2.55. The molecular formula is C26H27NO10. The number of amides is 1. The van der Waals surface area contributed by atoms with Gasteiger partial charge in [-0.2, -0.15) is 0 Å². The predicted octanol–water partition coefficient (Wildman–Crippen LogP) is 1.78. The summed E-state index contributed by atoms with van der Waals surface area (Å²) in [6.07, 6.45) is -7.60. The van der Waals surface area contributed by atoms with Crippen molar-refractivity contribution in [3.05, 3.63) is 60.2 Å². The number of esters is 4. The second kappa shape index (κ2) is 12.1. The maximum atomic E-state index is 13.4. The molecule has 37 heavy (non-hydrogen) atoms. The smallest absolute Gasteiger partial charge is 0.339 e. The van der Waals surface area contributed by atoms with Crippen molar-refractivity contribution < 1.29 is 47.7 Å². The first-order valence-corrected chi connectivity index (χ1v) is 11.3. The second-order valence-corrected chi connectivity index (χ2v) is 8.11. The number of carbonyl (C=O) groups is 5. The second-order valence-electron chi connectivity index (χ2n) is 8.11. The van der Waals surface area contributed by atoms with Gasteiger partial charge in [0.2, 0.25) is 0 Å². The molecule has 1 N–H and O–H groups in total. The van der Waals surface area contributed by atoms with E-state index in [2.05, 4.69) is 5.32 Å². The van der Waals surface area contributed by atoms with Gasteiger partial charge in [0, 0.05) is 26.3 Å². The Labute approximate surface area is 213 Å². The molecule has 1 aliphatic rings. The SMILES string of the molecule is COC(=O)[C@H]1O[C@@H](NC(=O)c2ccccc2-c2ccccc2)[C@H](OC(C)=O)[C@@H](OC(C)=O)[C@@H]1OC(C)=O. The van der Waals surface area contributed by atoms with Gasteiger partial charge in [0.05, 0.1) is 7.11 Å². The van der Waals surface area contributed by atoms with Crippen molar-refractivity contribution in [1.29, 1.82) is 0 Å². The van der Waals surface area contributed by atoms with Crippen molar-refractivity contribution in [3.8, 4) is 11.1 Å². The molecule has 0 aliphatic carbocycles. The maximum Gasteiger partial charge on any atom is 0.339 e. The Bertz CT molecular complexity index is 1160. The molecule has 5 atom stereocenters. The highest BCUT2D eigenvalue weighted by Crippen LogP contribution is 2.30. The standard InChI is InChI=1S/C26H27NO10/c1-14(28)34-20-21(35-15(2)29)23(26(32)33-4)37-25(22(20)36-16(3)30)27-24(31)19-13-9-8-12-18(19)17-10-6-5-7-11-17/h5-13,20-23,25H,1-4H3,(H,27,31)/t20-,21-,22+,23-,25+/m0/s1. The summed E-state index contributed by atoms with van der Waals surface area (Å²) >= 11 is 0. The molecular weight excluding hydrogens is 486 g/mol. The van der Waals surface area contributed by atoms with Crippen molar-refractivity contribution in [2.45, 2.75) is 51.4 Å². The van der Waals surface area contributed by atoms with Crippen LogP contribution in [0.2, 0.25) is 0 Å². The lowest BCUT2D eigenvalue weighted by atomic mass is 9.96. The van der Waals surface area contributed by atoms with Crippen LogP contribution in [0.25, 0.3) is 11.1 Å². The summed E-state index contributed by atoms with van der Waals surface area (Å²) in [4.78, 5) is 61.7. The van der Waals surface area contributed by atoms with Crippen LogP contribution < -0.4 is 5.32 Å². The van der Waals surface area contributed by atoms with Crippen LogP contribution in [0.3, 0.4) is 0 Å². The fraction of sp³-hybridized carbons (Fsp3) is 0.346. The largest absolute Gasteiger partial charge is 0.467 e. The highest BCUT2D eigenvalue weighted by atomic mass is 16.7. The number of ether oxygens (including phenoxy) is 5. The van der Waals surface area contributed by atoms with E-state index >= 15 is 0 Å². The number of benzene rings is 2. The van der Waals surface area contributed by atoms with Gasteiger partial charge in [0.1, 0.15) is 0 Å². The van der Waals surface area contributed by atoms with Gasteiger partial charge in [-0.3, -0.25) is 19.2 Å². The summed E-state index contributed by atoms with van der Waals surface area (Å²) in [5.74, 6) is -4.02. The maximum absolute atomic E-state index is 13.4. The van der Waals surface area contributed by atoms with E-state index in [0.29, 0.717) is 5.56 Å². The molecule has 0 spiro atoms. The van der Waals surface area contributed by atoms with Crippen LogP contribution in [0, 0.1) is 0 Å². The summed E-state index contributed by atoms with van der Waals surface area (Å²) in [6.45, 7) is 3.26. The normalized spacial score (nSPS) is 22.8. The molecule has 11 heteroatoms. The third-order valence-corrected chi connectivity index (χ3v) is 5.41. The van der Waals surface area contributed by atoms with Crippen LogP contribution in [0.15, 0.2) is 54.6 Å². The van der Waals surface area contributed by atoms with Crippen molar-refractivity contribution in [1.82, 2.24) is 5.32 Å². The molecule has 0 radical (unpaired) electrons. The van der Waals surface area contributed by atoms with Crippen LogP contribution in [-0.4, -0.2) is 67.5 Å². The lowest BCUT2D eigenvalue weighted by Crippen LogP contribution is -2.67. The Hall–Kier alpha value is -4.25. The van der Waals surface area contributed by atoms with Crippen LogP contribution in [-0.2, 0) is 42.9 Å². The van der Waals surface area contributed by atoms with E-state index in [4.69, 9.17) is 23.7 Å². The van der Waals surface area contributed by atoms with E-state index < -0.39 is 60.4 Å². The van der Waals surface area contributed by atoms with Crippen molar-refractivity contribution in [2.75, 3.05) is 7.11 Å². The minimum Gasteiger partial charge on any atom is -0.467 e. The molecule has 0 bridgehead atoms. The molecule has 1 saturated heterocycles. The fourth-order valence-corrected chi connectivity index (χ4v) is 3.99. The zero-order valence-corrected chi connectivity index (χ0v) is 20.7. The summed E-state index contributed by atoms with van der Waals surface area (Å²) in [5, 5.41) is 2.61. The first kappa shape index (κ1) is 27.3. The molecule has 3 rings (SSSR count). The van der Waals surface area contributed by atoms with E-state index in [1.165, 1.54) is 0 Å². The van der Waals surface area contributed by atoms with E-state index in [1.54, 1.807) is 24.3 Å². The van der Waals surface area contributed by atoms with Gasteiger partial charge in [0.15, 0.2) is 30.6 Å². The van der Waals surface area contributed by atoms with Crippen molar-refractivity contribution in [2.24, 2.45) is 0 Å². The molecule has 1 aliphatic heterocycles. The predicted molar refractivity (Wildman–Crippen MR) is 127 cm³/mol. The molecule has 1 amide bonds. The van der Waals surface area contributed by atoms with Crippen LogP contribution in [0.1, 0.15) is 31.1 Å². The number of rotatable bonds is 7. The molecule has 0 aromatic heterocycles. The molecule has 11 nitrogen and oxygen atoms in total. The van der Waals surface area contributed by atoms with Crippen LogP contribution in [0.5, 0.6) is 0 Å². The monoisotopic (exact) mass is 513 g/mol. The average molecular weight is 513 g/mol. The van der Waals surface area contributed by atoms with Gasteiger partial charge in [-0.1, -0.05) is 48.5 Å². The van der Waals surface area contributed by atoms with Crippen LogP contribution in [0.4, 0.5) is 0 Å². The highest BCUT2D eigenvalue weighted by molar-refractivity contribution is 6.01. The number of methoxy groups -OCH3 is 1. The average Bonchev–Trinajstić information content (AvgIpc) is 2.86. The van der Waals surface area contributed by atoms with Gasteiger partial charge in [-0.25, -0.2) is 4.79 Å². The van der Waals surface area contributed by atoms with E-state index in [1.807, 2.05) is 30.3 Å². The minimum atomic E-state index is -1.61. The lowest BCUT2D eigenvalue weighted by molar-refractivity contribution is -0.251. The first-order chi connectivity index (χ1) is 17.6. The third-order valence-electron chi connectivity index (χ3n) is 5.41. The molecule has 1 fully saturated rings. The molecule has 0 saturated carbocycles. The zero-order valence-electron chi connectivity index (χ0n) is 20.7. The molecule has 2 aromatic carbocycles. The van der Waals surface area contributed by atoms with Crippen LogP contribution >= 0.6 is 0 Å². The zero-order chi connectivity index (χ0) is 27.1. The van der Waals surface area contributed by atoms with Crippen molar-refractivity contribution in [3.63, 3.8) is 0 Å². The summed E-state index contributed by atoms with van der Waals surface area (Å²) in [5.41, 5.74) is 1.65. The lowest BCUT2D eigenvalue weighted by Gasteiger charge is -2.43. The number of hydrogen-bond acceptors (Lipinski definition) is 10. The van der Waals surface area contributed by atoms with Gasteiger partial charge in [0.25, 0.3) is 5.91 Å². The Morgan fingerprint density at radius 3 is 1.86 bits per heavy atom. The Balaban J connectivity index is 2.02. The van der Waals surface area contributed by atoms with E-state index in [0.717, 1.165) is 33.4 Å². The van der Waals surface area contributed by atoms with E-state index in [-0.39, 0.29) is 5.56 Å². The van der Waals surface area contributed by atoms with Gasteiger partial charge in [-0.05, 0) is 17.2 Å². The van der Waals surface area contributed by atoms with Gasteiger partial charge in [-0.15, -0.1) is 0 Å². The molecule has 1 heterocycles. The number of nitrogens with one attached hydrogen (secondary N) is 1. The molecule has 2 aromatic rings. The number of carbonyl (C=O) groups excluding carboxylic acids is 5. The topological polar surface area (TPSA) is 144 Å². The quantitative estimate of drug-likeness (QED) is 0.430. The minimum absolute atomic E-state index is 0.264. The van der Waals surface area contributed by atoms with Gasteiger partial charge >= 0.3 is 23.9 Å². The van der Waals surface area contributed by atoms with Crippen molar-refractivity contribution >= 4 is 29.8 Å². The summed E-state index contributed by atoms with van der Waals surface area (Å²) < 4.78 is 26.4. The Morgan fingerprint density at radius 2 is 1.27 bits per heavy atom. The van der Waals surface area contributed by atoms with E-state index in [9.17, 15) is 24.0 Å². The summed E-state index contributed by atoms with van der Waals surface area (Å²) in [6, 6.07) is 15.9. The van der Waals surface area contributed by atoms with Gasteiger partial charge < -0.3 is 29.0 Å².